The second-order valence-electron chi connectivity index (χ2n) is 6.20. The topological polar surface area (TPSA) is 76.7 Å². The molecule has 136 valence electrons. The number of carbonyl (C=O) groups is 2. The zero-order chi connectivity index (χ0) is 18.4. The monoisotopic (exact) mass is 354 g/mol. The van der Waals surface area contributed by atoms with E-state index < -0.39 is 6.29 Å². The number of benzene rings is 2. The number of carbonyl (C=O) groups excluding carboxylic acids is 2. The Bertz CT molecular complexity index is 771. The zero-order valence-corrected chi connectivity index (χ0v) is 14.7. The minimum atomic E-state index is -0.407. The Morgan fingerprint density at radius 2 is 1.85 bits per heavy atom. The Labute approximate surface area is 152 Å². The van der Waals surface area contributed by atoms with Gasteiger partial charge in [-0.15, -0.1) is 0 Å². The number of nitrogens with one attached hydrogen (secondary N) is 2. The highest BCUT2D eigenvalue weighted by Gasteiger charge is 2.17. The van der Waals surface area contributed by atoms with Crippen LogP contribution in [-0.2, 0) is 9.57 Å². The van der Waals surface area contributed by atoms with Gasteiger partial charge >= 0.3 is 0 Å². The zero-order valence-electron chi connectivity index (χ0n) is 14.7. The summed E-state index contributed by atoms with van der Waals surface area (Å²) < 4.78 is 5.41. The van der Waals surface area contributed by atoms with Gasteiger partial charge in [0.1, 0.15) is 0 Å². The van der Waals surface area contributed by atoms with E-state index >= 15 is 0 Å². The van der Waals surface area contributed by atoms with Gasteiger partial charge < -0.3 is 10.1 Å². The first-order valence-electron chi connectivity index (χ1n) is 8.68. The van der Waals surface area contributed by atoms with Crippen molar-refractivity contribution in [1.82, 2.24) is 5.48 Å². The maximum atomic E-state index is 12.3. The van der Waals surface area contributed by atoms with Crippen LogP contribution in [0.25, 0.3) is 0 Å². The molecule has 0 bridgehead atoms. The Morgan fingerprint density at radius 3 is 2.58 bits per heavy atom. The van der Waals surface area contributed by atoms with Crippen molar-refractivity contribution in [2.75, 3.05) is 11.9 Å². The maximum Gasteiger partial charge on any atom is 0.275 e. The lowest BCUT2D eigenvalue weighted by atomic mass is 10.1. The van der Waals surface area contributed by atoms with Gasteiger partial charge in [-0.1, -0.05) is 24.3 Å². The Morgan fingerprint density at radius 1 is 1.04 bits per heavy atom. The van der Waals surface area contributed by atoms with E-state index in [-0.39, 0.29) is 11.8 Å². The molecular weight excluding hydrogens is 332 g/mol. The molecule has 2 amide bonds. The number of hydrogen-bond donors (Lipinski definition) is 2. The lowest BCUT2D eigenvalue weighted by Crippen LogP contribution is -2.33. The second kappa shape index (κ2) is 8.60. The maximum absolute atomic E-state index is 12.3. The van der Waals surface area contributed by atoms with Gasteiger partial charge in [-0.05, 0) is 49.6 Å². The Kier molecular flexibility index (Phi) is 5.99. The molecule has 26 heavy (non-hydrogen) atoms. The normalized spacial score (nSPS) is 16.7. The molecule has 1 saturated heterocycles. The third-order valence-electron chi connectivity index (χ3n) is 4.20. The van der Waals surface area contributed by atoms with E-state index in [1.165, 1.54) is 0 Å². The van der Waals surface area contributed by atoms with Crippen LogP contribution in [-0.4, -0.2) is 24.7 Å². The molecule has 1 heterocycles. The fourth-order valence-corrected chi connectivity index (χ4v) is 2.66. The van der Waals surface area contributed by atoms with Crippen LogP contribution in [0.5, 0.6) is 0 Å². The number of hydrogen-bond acceptors (Lipinski definition) is 4. The molecule has 6 heteroatoms. The van der Waals surface area contributed by atoms with Crippen molar-refractivity contribution in [3.8, 4) is 0 Å². The molecule has 6 nitrogen and oxygen atoms in total. The highest BCUT2D eigenvalue weighted by atomic mass is 16.8. The molecular formula is C20H22N2O4. The smallest absolute Gasteiger partial charge is 0.275 e. The van der Waals surface area contributed by atoms with Crippen LogP contribution in [0.15, 0.2) is 48.5 Å². The summed E-state index contributed by atoms with van der Waals surface area (Å²) in [6, 6.07) is 14.0. The minimum Gasteiger partial charge on any atom is -0.350 e. The number of anilines is 1. The number of rotatable bonds is 5. The van der Waals surface area contributed by atoms with Crippen molar-refractivity contribution in [1.29, 1.82) is 0 Å². The van der Waals surface area contributed by atoms with Gasteiger partial charge in [-0.25, -0.2) is 10.3 Å². The van der Waals surface area contributed by atoms with Crippen LogP contribution in [0.4, 0.5) is 5.69 Å². The van der Waals surface area contributed by atoms with Crippen molar-refractivity contribution >= 4 is 17.5 Å². The number of ether oxygens (including phenoxy) is 1. The fraction of sp³-hybridized carbons (Fsp3) is 0.300. The molecule has 1 aliphatic heterocycles. The summed E-state index contributed by atoms with van der Waals surface area (Å²) >= 11 is 0. The molecule has 0 unspecified atom stereocenters. The molecule has 2 aromatic rings. The average molecular weight is 354 g/mol. The van der Waals surface area contributed by atoms with Gasteiger partial charge in [0.05, 0.1) is 0 Å². The molecule has 0 spiro atoms. The highest BCUT2D eigenvalue weighted by Crippen LogP contribution is 2.19. The molecule has 1 atom stereocenters. The molecule has 0 saturated carbocycles. The fourth-order valence-electron chi connectivity index (χ4n) is 2.66. The minimum absolute atomic E-state index is 0.224. The van der Waals surface area contributed by atoms with Crippen LogP contribution < -0.4 is 10.8 Å². The first kappa shape index (κ1) is 18.1. The molecule has 1 aliphatic rings. The van der Waals surface area contributed by atoms with Gasteiger partial charge in [0.15, 0.2) is 6.29 Å². The third kappa shape index (κ3) is 4.68. The molecule has 0 aromatic heterocycles. The van der Waals surface area contributed by atoms with Gasteiger partial charge in [0.25, 0.3) is 11.8 Å². The van der Waals surface area contributed by atoms with Gasteiger partial charge in [-0.3, -0.25) is 9.59 Å². The largest absolute Gasteiger partial charge is 0.350 e. The van der Waals surface area contributed by atoms with Crippen molar-refractivity contribution in [3.05, 3.63) is 65.2 Å². The van der Waals surface area contributed by atoms with E-state index in [1.54, 1.807) is 42.5 Å². The second-order valence-corrected chi connectivity index (χ2v) is 6.20. The quantitative estimate of drug-likeness (QED) is 0.807. The van der Waals surface area contributed by atoms with E-state index in [9.17, 15) is 9.59 Å². The SMILES string of the molecule is Cc1ccc(C(=O)NO[C@@H]2CCCCO2)cc1NC(=O)c1ccccc1. The molecule has 3 rings (SSSR count). The third-order valence-corrected chi connectivity index (χ3v) is 4.20. The van der Waals surface area contributed by atoms with Gasteiger partial charge in [0, 0.05) is 29.8 Å². The molecule has 2 aromatic carbocycles. The van der Waals surface area contributed by atoms with Gasteiger partial charge in [0.2, 0.25) is 0 Å². The van der Waals surface area contributed by atoms with E-state index in [0.29, 0.717) is 23.4 Å². The van der Waals surface area contributed by atoms with E-state index in [0.717, 1.165) is 24.8 Å². The number of hydroxylamine groups is 1. The lowest BCUT2D eigenvalue weighted by Gasteiger charge is -2.22. The summed E-state index contributed by atoms with van der Waals surface area (Å²) in [6.07, 6.45) is 2.37. The molecule has 1 fully saturated rings. The Hall–Kier alpha value is -2.70. The van der Waals surface area contributed by atoms with Crippen LogP contribution in [0.2, 0.25) is 0 Å². The predicted molar refractivity (Wildman–Crippen MR) is 97.7 cm³/mol. The average Bonchev–Trinajstić information content (AvgIpc) is 2.69. The molecule has 0 radical (unpaired) electrons. The van der Waals surface area contributed by atoms with Gasteiger partial charge in [-0.2, -0.15) is 0 Å². The number of aryl methyl sites for hydroxylation is 1. The van der Waals surface area contributed by atoms with Crippen molar-refractivity contribution in [2.24, 2.45) is 0 Å². The van der Waals surface area contributed by atoms with E-state index in [1.807, 2.05) is 13.0 Å². The Balaban J connectivity index is 1.64. The van der Waals surface area contributed by atoms with Crippen LogP contribution in [0, 0.1) is 6.92 Å². The first-order chi connectivity index (χ1) is 12.6. The lowest BCUT2D eigenvalue weighted by molar-refractivity contribution is -0.186. The molecule has 2 N–H and O–H groups in total. The van der Waals surface area contributed by atoms with Crippen molar-refractivity contribution in [3.63, 3.8) is 0 Å². The summed E-state index contributed by atoms with van der Waals surface area (Å²) in [7, 11) is 0. The van der Waals surface area contributed by atoms with Crippen molar-refractivity contribution < 1.29 is 19.2 Å². The summed E-state index contributed by atoms with van der Waals surface area (Å²) in [5.41, 5.74) is 4.82. The predicted octanol–water partition coefficient (Wildman–Crippen LogP) is 3.44. The van der Waals surface area contributed by atoms with Crippen LogP contribution >= 0.6 is 0 Å². The summed E-state index contributed by atoms with van der Waals surface area (Å²) in [5.74, 6) is -0.604. The van der Waals surface area contributed by atoms with Crippen LogP contribution in [0.1, 0.15) is 45.5 Å². The first-order valence-corrected chi connectivity index (χ1v) is 8.68. The molecule has 0 aliphatic carbocycles. The van der Waals surface area contributed by atoms with E-state index in [2.05, 4.69) is 10.8 Å². The van der Waals surface area contributed by atoms with Crippen molar-refractivity contribution in [2.45, 2.75) is 32.5 Å². The standard InChI is InChI=1S/C20H22N2O4/c1-14-10-11-16(20(24)22-26-18-9-5-6-12-25-18)13-17(14)21-19(23)15-7-3-2-4-8-15/h2-4,7-8,10-11,13,18H,5-6,9,12H2,1H3,(H,21,23)(H,22,24)/t18-/m1/s1. The number of amides is 2. The summed E-state index contributed by atoms with van der Waals surface area (Å²) in [5, 5.41) is 2.84. The summed E-state index contributed by atoms with van der Waals surface area (Å²) in [4.78, 5) is 29.9. The highest BCUT2D eigenvalue weighted by molar-refractivity contribution is 6.05. The summed E-state index contributed by atoms with van der Waals surface area (Å²) in [6.45, 7) is 2.51. The van der Waals surface area contributed by atoms with Crippen LogP contribution in [0.3, 0.4) is 0 Å². The van der Waals surface area contributed by atoms with E-state index in [4.69, 9.17) is 9.57 Å².